The van der Waals surface area contributed by atoms with Gasteiger partial charge in [-0.3, -0.25) is 0 Å². The first-order chi connectivity index (χ1) is 3.79. The van der Waals surface area contributed by atoms with Gasteiger partial charge in [0.1, 0.15) is 6.23 Å². The van der Waals surface area contributed by atoms with Crippen LogP contribution in [-0.2, 0) is 4.74 Å². The van der Waals surface area contributed by atoms with Crippen molar-refractivity contribution in [2.45, 2.75) is 25.2 Å². The van der Waals surface area contributed by atoms with Gasteiger partial charge < -0.3 is 15.6 Å². The lowest BCUT2D eigenvalue weighted by atomic mass is 10.1. The zero-order chi connectivity index (χ0) is 5.98. The maximum absolute atomic E-state index is 8.92. The highest BCUT2D eigenvalue weighted by atomic mass is 16.5. The lowest BCUT2D eigenvalue weighted by Gasteiger charge is -2.22. The normalized spacial score (nSPS) is 39.8. The van der Waals surface area contributed by atoms with Gasteiger partial charge in [-0.15, -0.1) is 0 Å². The minimum Gasteiger partial charge on any atom is -0.393 e. The average molecular weight is 117 g/mol. The second kappa shape index (κ2) is 2.44. The summed E-state index contributed by atoms with van der Waals surface area (Å²) >= 11 is 0. The Bertz CT molecular complexity index is 68.8. The fourth-order valence-electron chi connectivity index (χ4n) is 0.810. The summed E-state index contributed by atoms with van der Waals surface area (Å²) in [7, 11) is 0. The maximum atomic E-state index is 8.92. The molecule has 0 aromatic heterocycles. The van der Waals surface area contributed by atoms with E-state index in [0.29, 0.717) is 13.0 Å². The van der Waals surface area contributed by atoms with E-state index < -0.39 is 0 Å². The van der Waals surface area contributed by atoms with E-state index >= 15 is 0 Å². The largest absolute Gasteiger partial charge is 0.393 e. The van der Waals surface area contributed by atoms with E-state index in [1.54, 1.807) is 0 Å². The van der Waals surface area contributed by atoms with Crippen LogP contribution in [0.25, 0.3) is 0 Å². The van der Waals surface area contributed by atoms with Crippen LogP contribution in [-0.4, -0.2) is 24.0 Å². The summed E-state index contributed by atoms with van der Waals surface area (Å²) in [5.41, 5.74) is 5.34. The second-order valence-corrected chi connectivity index (χ2v) is 2.09. The Morgan fingerprint density at radius 1 is 1.62 bits per heavy atom. The first-order valence-electron chi connectivity index (χ1n) is 2.84. The molecule has 1 aliphatic rings. The molecule has 2 atom stereocenters. The predicted molar refractivity (Wildman–Crippen MR) is 29.2 cm³/mol. The van der Waals surface area contributed by atoms with Crippen molar-refractivity contribution in [3.05, 3.63) is 0 Å². The van der Waals surface area contributed by atoms with Gasteiger partial charge >= 0.3 is 0 Å². The number of hydrogen-bond acceptors (Lipinski definition) is 3. The van der Waals surface area contributed by atoms with Gasteiger partial charge in [0.2, 0.25) is 0 Å². The number of rotatable bonds is 0. The molecule has 0 amide bonds. The van der Waals surface area contributed by atoms with E-state index in [9.17, 15) is 0 Å². The molecule has 1 aliphatic heterocycles. The Kier molecular flexibility index (Phi) is 1.83. The third-order valence-electron chi connectivity index (χ3n) is 1.29. The summed E-state index contributed by atoms with van der Waals surface area (Å²) in [6, 6.07) is 0. The minimum absolute atomic E-state index is 0.237. The number of hydrogen-bond donors (Lipinski definition) is 2. The zero-order valence-electron chi connectivity index (χ0n) is 4.71. The Labute approximate surface area is 48.4 Å². The van der Waals surface area contributed by atoms with Gasteiger partial charge in [0.25, 0.3) is 0 Å². The number of nitrogens with two attached hydrogens (primary N) is 1. The minimum atomic E-state index is -0.237. The molecule has 0 aromatic carbocycles. The fraction of sp³-hybridized carbons (Fsp3) is 1.00. The summed E-state index contributed by atoms with van der Waals surface area (Å²) in [4.78, 5) is 0. The van der Waals surface area contributed by atoms with E-state index in [-0.39, 0.29) is 12.3 Å². The van der Waals surface area contributed by atoms with Gasteiger partial charge in [-0.05, 0) is 6.42 Å². The third-order valence-corrected chi connectivity index (χ3v) is 1.29. The van der Waals surface area contributed by atoms with Crippen LogP contribution in [0.5, 0.6) is 0 Å². The van der Waals surface area contributed by atoms with Crippen molar-refractivity contribution in [1.82, 2.24) is 0 Å². The van der Waals surface area contributed by atoms with Crippen molar-refractivity contribution in [2.75, 3.05) is 6.61 Å². The van der Waals surface area contributed by atoms with Crippen molar-refractivity contribution in [1.29, 1.82) is 0 Å². The summed E-state index contributed by atoms with van der Waals surface area (Å²) in [5.74, 6) is 0. The fourth-order valence-corrected chi connectivity index (χ4v) is 0.810. The molecule has 3 nitrogen and oxygen atoms in total. The molecule has 3 N–H and O–H groups in total. The van der Waals surface area contributed by atoms with Gasteiger partial charge in [0.15, 0.2) is 0 Å². The first kappa shape index (κ1) is 6.01. The molecular formula is C5H11NO2. The average Bonchev–Trinajstić information content (AvgIpc) is 1.64. The van der Waals surface area contributed by atoms with Crippen LogP contribution in [0.3, 0.4) is 0 Å². The van der Waals surface area contributed by atoms with Gasteiger partial charge in [0, 0.05) is 6.42 Å². The topological polar surface area (TPSA) is 55.5 Å². The molecule has 0 radical (unpaired) electrons. The van der Waals surface area contributed by atoms with Gasteiger partial charge in [-0.1, -0.05) is 0 Å². The van der Waals surface area contributed by atoms with Crippen LogP contribution < -0.4 is 5.73 Å². The molecule has 3 heteroatoms. The third kappa shape index (κ3) is 1.43. The maximum Gasteiger partial charge on any atom is 0.108 e. The lowest BCUT2D eigenvalue weighted by Crippen LogP contribution is -2.34. The summed E-state index contributed by atoms with van der Waals surface area (Å²) in [6.07, 6.45) is 0.839. The highest BCUT2D eigenvalue weighted by molar-refractivity contribution is 4.64. The number of aliphatic hydroxyl groups is 1. The first-order valence-corrected chi connectivity index (χ1v) is 2.84. The van der Waals surface area contributed by atoms with E-state index in [4.69, 9.17) is 15.6 Å². The van der Waals surface area contributed by atoms with Crippen molar-refractivity contribution < 1.29 is 9.84 Å². The molecule has 0 aromatic rings. The molecule has 1 rings (SSSR count). The highest BCUT2D eigenvalue weighted by Gasteiger charge is 2.16. The molecule has 0 spiro atoms. The quantitative estimate of drug-likeness (QED) is 0.447. The molecule has 0 unspecified atom stereocenters. The van der Waals surface area contributed by atoms with Crippen LogP contribution in [0, 0.1) is 0 Å². The van der Waals surface area contributed by atoms with Crippen LogP contribution >= 0.6 is 0 Å². The van der Waals surface area contributed by atoms with Gasteiger partial charge in [-0.25, -0.2) is 0 Å². The molecule has 0 saturated carbocycles. The van der Waals surface area contributed by atoms with Crippen molar-refractivity contribution in [3.8, 4) is 0 Å². The highest BCUT2D eigenvalue weighted by Crippen LogP contribution is 2.08. The summed E-state index contributed by atoms with van der Waals surface area (Å²) < 4.78 is 4.97. The lowest BCUT2D eigenvalue weighted by molar-refractivity contribution is -0.0397. The Balaban J connectivity index is 2.23. The predicted octanol–water partition coefficient (Wildman–Crippen LogP) is -0.558. The molecule has 48 valence electrons. The molecule has 1 fully saturated rings. The second-order valence-electron chi connectivity index (χ2n) is 2.09. The molecule has 1 heterocycles. The Morgan fingerprint density at radius 3 is 2.75 bits per heavy atom. The molecular weight excluding hydrogens is 106 g/mol. The van der Waals surface area contributed by atoms with E-state index in [0.717, 1.165) is 6.42 Å². The molecule has 0 aliphatic carbocycles. The SMILES string of the molecule is N[C@@H]1C[C@@H](O)CCO1. The molecule has 1 saturated heterocycles. The van der Waals surface area contributed by atoms with Crippen molar-refractivity contribution in [3.63, 3.8) is 0 Å². The van der Waals surface area contributed by atoms with Crippen LogP contribution in [0.4, 0.5) is 0 Å². The van der Waals surface area contributed by atoms with Crippen LogP contribution in [0.15, 0.2) is 0 Å². The number of aliphatic hydroxyl groups excluding tert-OH is 1. The van der Waals surface area contributed by atoms with Crippen molar-refractivity contribution in [2.24, 2.45) is 5.73 Å². The van der Waals surface area contributed by atoms with Gasteiger partial charge in [-0.2, -0.15) is 0 Å². The molecule has 0 bridgehead atoms. The van der Waals surface area contributed by atoms with E-state index in [1.807, 2.05) is 0 Å². The Hall–Kier alpha value is -0.120. The van der Waals surface area contributed by atoms with E-state index in [1.165, 1.54) is 0 Å². The molecule has 8 heavy (non-hydrogen) atoms. The monoisotopic (exact) mass is 117 g/mol. The van der Waals surface area contributed by atoms with Crippen molar-refractivity contribution >= 4 is 0 Å². The smallest absolute Gasteiger partial charge is 0.108 e. The zero-order valence-corrected chi connectivity index (χ0v) is 4.71. The number of ether oxygens (including phenoxy) is 1. The van der Waals surface area contributed by atoms with Crippen LogP contribution in [0.2, 0.25) is 0 Å². The summed E-state index contributed by atoms with van der Waals surface area (Å²) in [5, 5.41) is 8.92. The van der Waals surface area contributed by atoms with Crippen LogP contribution in [0.1, 0.15) is 12.8 Å². The van der Waals surface area contributed by atoms with E-state index in [2.05, 4.69) is 0 Å². The Morgan fingerprint density at radius 2 is 2.38 bits per heavy atom. The van der Waals surface area contributed by atoms with Gasteiger partial charge in [0.05, 0.1) is 12.7 Å². The standard InChI is InChI=1S/C5H11NO2/c6-5-3-4(7)1-2-8-5/h4-5,7H,1-3,6H2/t4-,5-/m0/s1. The summed E-state index contributed by atoms with van der Waals surface area (Å²) in [6.45, 7) is 0.600.